The Hall–Kier alpha value is -4.01. The van der Waals surface area contributed by atoms with Crippen LogP contribution in [-0.2, 0) is 12.4 Å². The normalized spacial score (nSPS) is 25.5. The van der Waals surface area contributed by atoms with Crippen molar-refractivity contribution in [2.75, 3.05) is 50.0 Å². The van der Waals surface area contributed by atoms with E-state index in [9.17, 15) is 9.65 Å². The van der Waals surface area contributed by atoms with E-state index in [1.807, 2.05) is 4.90 Å². The van der Waals surface area contributed by atoms with Crippen molar-refractivity contribution >= 4 is 43.1 Å². The van der Waals surface area contributed by atoms with Gasteiger partial charge in [-0.3, -0.25) is 4.90 Å². The van der Waals surface area contributed by atoms with Gasteiger partial charge in [-0.1, -0.05) is 6.07 Å². The molecular formula is C34H31F8N7OS. The fourth-order valence-corrected chi connectivity index (χ4v) is 9.75. The molecule has 2 aromatic heterocycles. The standard InChI is InChI=1S/C34H31F8N7OS/c35-17-11-32(6-1-8-48(32)14-17)15-50-31-46-27-19(30(47-31)49-9-5-16-13-45-7-4-23(16)49)10-21(33(37,38)39)25(26(27)34(40,41)42)18-2-3-22(36)28-24(18)20(12-43)29(44)51-28/h2-3,10,16-17,23,45H,1,4-9,11,13-15,44H2/t16-,17-,23+,32+/m1/s1. The van der Waals surface area contributed by atoms with E-state index < -0.39 is 80.0 Å². The number of rotatable bonds is 5. The number of nitrogens with one attached hydrogen (secondary N) is 1. The van der Waals surface area contributed by atoms with Crippen molar-refractivity contribution in [3.63, 3.8) is 0 Å². The number of hydrogen-bond donors (Lipinski definition) is 2. The molecule has 4 saturated heterocycles. The van der Waals surface area contributed by atoms with Crippen LogP contribution in [-0.4, -0.2) is 72.0 Å². The number of aromatic nitrogens is 2. The van der Waals surface area contributed by atoms with Gasteiger partial charge in [0.25, 0.3) is 0 Å². The zero-order valence-corrected chi connectivity index (χ0v) is 27.7. The lowest BCUT2D eigenvalue weighted by Crippen LogP contribution is -2.44. The number of benzene rings is 2. The van der Waals surface area contributed by atoms with Crippen molar-refractivity contribution in [1.82, 2.24) is 20.2 Å². The summed E-state index contributed by atoms with van der Waals surface area (Å²) < 4.78 is 127. The van der Waals surface area contributed by atoms with Gasteiger partial charge >= 0.3 is 18.4 Å². The van der Waals surface area contributed by atoms with Crippen LogP contribution in [0, 0.1) is 23.1 Å². The van der Waals surface area contributed by atoms with Gasteiger partial charge in [0.15, 0.2) is 0 Å². The molecule has 3 N–H and O–H groups in total. The van der Waals surface area contributed by atoms with Gasteiger partial charge < -0.3 is 20.7 Å². The Morgan fingerprint density at radius 2 is 1.92 bits per heavy atom. The molecule has 4 fully saturated rings. The van der Waals surface area contributed by atoms with E-state index in [2.05, 4.69) is 15.3 Å². The second-order valence-corrected chi connectivity index (χ2v) is 14.9. The zero-order valence-electron chi connectivity index (χ0n) is 26.9. The molecule has 4 atom stereocenters. The lowest BCUT2D eigenvalue weighted by molar-refractivity contribution is -0.141. The van der Waals surface area contributed by atoms with Crippen LogP contribution in [0.4, 0.5) is 45.9 Å². The minimum absolute atomic E-state index is 0.0865. The molecule has 4 aromatic rings. The third-order valence-electron chi connectivity index (χ3n) is 10.9. The van der Waals surface area contributed by atoms with Crippen LogP contribution in [0.2, 0.25) is 0 Å². The van der Waals surface area contributed by atoms with Gasteiger partial charge in [0.1, 0.15) is 35.5 Å². The fraction of sp³-hybridized carbons (Fsp3) is 0.500. The molecular weight excluding hydrogens is 706 g/mol. The Balaban J connectivity index is 1.42. The summed E-state index contributed by atoms with van der Waals surface area (Å²) in [4.78, 5) is 12.4. The minimum atomic E-state index is -5.44. The lowest BCUT2D eigenvalue weighted by atomic mass is 9.88. The number of anilines is 2. The molecule has 0 unspecified atom stereocenters. The molecule has 8 rings (SSSR count). The van der Waals surface area contributed by atoms with Crippen molar-refractivity contribution in [3.8, 4) is 23.2 Å². The molecule has 8 nitrogen and oxygen atoms in total. The number of thiophene rings is 1. The van der Waals surface area contributed by atoms with Gasteiger partial charge in [0.05, 0.1) is 32.4 Å². The summed E-state index contributed by atoms with van der Waals surface area (Å²) in [5.74, 6) is -0.990. The second-order valence-electron chi connectivity index (χ2n) is 13.8. The van der Waals surface area contributed by atoms with Gasteiger partial charge in [-0.05, 0) is 68.9 Å². The number of ether oxygens (including phenoxy) is 1. The summed E-state index contributed by atoms with van der Waals surface area (Å²) in [6.07, 6.45) is -9.15. The average molecular weight is 738 g/mol. The maximum Gasteiger partial charge on any atom is 0.419 e. The zero-order chi connectivity index (χ0) is 36.0. The van der Waals surface area contributed by atoms with Crippen LogP contribution in [0.15, 0.2) is 18.2 Å². The van der Waals surface area contributed by atoms with Crippen molar-refractivity contribution in [2.24, 2.45) is 5.92 Å². The quantitative estimate of drug-likeness (QED) is 0.206. The summed E-state index contributed by atoms with van der Waals surface area (Å²) in [6.45, 7) is 2.26. The van der Waals surface area contributed by atoms with Crippen LogP contribution in [0.3, 0.4) is 0 Å². The number of nitrogen functional groups attached to an aromatic ring is 1. The number of nitrogens with two attached hydrogens (primary N) is 1. The highest BCUT2D eigenvalue weighted by molar-refractivity contribution is 7.23. The predicted octanol–water partition coefficient (Wildman–Crippen LogP) is 7.29. The second kappa shape index (κ2) is 12.0. The maximum atomic E-state index is 15.6. The van der Waals surface area contributed by atoms with Gasteiger partial charge in [-0.25, -0.2) is 8.78 Å². The molecule has 0 amide bonds. The molecule has 4 aliphatic rings. The molecule has 6 heterocycles. The van der Waals surface area contributed by atoms with Crippen LogP contribution < -0.4 is 20.7 Å². The van der Waals surface area contributed by atoms with E-state index in [1.165, 1.54) is 0 Å². The highest BCUT2D eigenvalue weighted by atomic mass is 32.1. The number of piperidine rings is 1. The van der Waals surface area contributed by atoms with Crippen LogP contribution in [0.25, 0.3) is 32.1 Å². The Morgan fingerprint density at radius 3 is 2.67 bits per heavy atom. The van der Waals surface area contributed by atoms with Crippen molar-refractivity contribution in [1.29, 1.82) is 5.26 Å². The first-order valence-electron chi connectivity index (χ1n) is 16.6. The van der Waals surface area contributed by atoms with E-state index >= 15 is 30.7 Å². The van der Waals surface area contributed by atoms with Crippen LogP contribution in [0.5, 0.6) is 6.01 Å². The molecule has 4 aliphatic heterocycles. The van der Waals surface area contributed by atoms with Crippen LogP contribution in [0.1, 0.15) is 48.8 Å². The summed E-state index contributed by atoms with van der Waals surface area (Å²) in [7, 11) is 0. The number of alkyl halides is 7. The van der Waals surface area contributed by atoms with E-state index in [4.69, 9.17) is 10.5 Å². The molecule has 270 valence electrons. The van der Waals surface area contributed by atoms with E-state index in [-0.39, 0.29) is 47.1 Å². The SMILES string of the molecule is N#Cc1c(N)sc2c(F)ccc(-c3c(C(F)(F)F)cc4c(N5CC[C@@H]6CNCC[C@@H]65)nc(OC[C@@]56CCCN5C[C@H](F)C6)nc4c3C(F)(F)F)c12. The highest BCUT2D eigenvalue weighted by Crippen LogP contribution is 2.53. The summed E-state index contributed by atoms with van der Waals surface area (Å²) in [6, 6.07) is 3.21. The Bertz CT molecular complexity index is 2100. The number of hydrogen-bond acceptors (Lipinski definition) is 9. The molecule has 0 bridgehead atoms. The van der Waals surface area contributed by atoms with E-state index in [0.29, 0.717) is 62.8 Å². The summed E-state index contributed by atoms with van der Waals surface area (Å²) >= 11 is 0.557. The van der Waals surface area contributed by atoms with Crippen molar-refractivity contribution in [2.45, 2.75) is 62.2 Å². The van der Waals surface area contributed by atoms with Crippen molar-refractivity contribution in [3.05, 3.63) is 40.7 Å². The van der Waals surface area contributed by atoms with Gasteiger partial charge in [0, 0.05) is 41.9 Å². The first-order valence-corrected chi connectivity index (χ1v) is 17.4. The Labute approximate surface area is 290 Å². The molecule has 17 heteroatoms. The van der Waals surface area contributed by atoms with Gasteiger partial charge in [-0.15, -0.1) is 11.3 Å². The van der Waals surface area contributed by atoms with Gasteiger partial charge in [0.2, 0.25) is 0 Å². The van der Waals surface area contributed by atoms with Gasteiger partial charge in [-0.2, -0.15) is 41.6 Å². The number of nitriles is 1. The molecule has 2 aromatic carbocycles. The van der Waals surface area contributed by atoms with E-state index in [1.54, 1.807) is 11.0 Å². The molecule has 0 spiro atoms. The highest BCUT2D eigenvalue weighted by Gasteiger charge is 2.50. The first-order chi connectivity index (χ1) is 24.2. The monoisotopic (exact) mass is 737 g/mol. The number of fused-ring (bicyclic) bond motifs is 4. The first kappa shape index (κ1) is 34.1. The average Bonchev–Trinajstić information content (AvgIpc) is 3.82. The van der Waals surface area contributed by atoms with Crippen LogP contribution >= 0.6 is 11.3 Å². The fourth-order valence-electron chi connectivity index (χ4n) is 8.80. The lowest BCUT2D eigenvalue weighted by Gasteiger charge is -2.34. The predicted molar refractivity (Wildman–Crippen MR) is 175 cm³/mol. The number of nitrogens with zero attached hydrogens (tertiary/aromatic N) is 5. The van der Waals surface area contributed by atoms with E-state index in [0.717, 1.165) is 18.6 Å². The summed E-state index contributed by atoms with van der Waals surface area (Å²) in [5, 5.41) is 12.0. The third-order valence-corrected chi connectivity index (χ3v) is 12.0. The topological polar surface area (TPSA) is 103 Å². The molecule has 0 saturated carbocycles. The molecule has 51 heavy (non-hydrogen) atoms. The maximum absolute atomic E-state index is 15.6. The minimum Gasteiger partial charge on any atom is -0.461 e. The molecule has 0 aliphatic carbocycles. The number of halogens is 8. The molecule has 0 radical (unpaired) electrons. The third kappa shape index (κ3) is 5.52. The Kier molecular flexibility index (Phi) is 8.04. The summed E-state index contributed by atoms with van der Waals surface area (Å²) in [5.41, 5.74) is -1.41. The smallest absolute Gasteiger partial charge is 0.419 e. The van der Waals surface area contributed by atoms with Crippen molar-refractivity contribution < 1.29 is 39.9 Å². The largest absolute Gasteiger partial charge is 0.461 e. The Morgan fingerprint density at radius 1 is 1.12 bits per heavy atom.